The molecule has 80 valence electrons. The first-order valence-electron chi connectivity index (χ1n) is 4.49. The Labute approximate surface area is 89.5 Å². The van der Waals surface area contributed by atoms with Crippen LogP contribution in [0.4, 0.5) is 0 Å². The predicted octanol–water partition coefficient (Wildman–Crippen LogP) is 0.739. The normalized spacial score (nSPS) is 26.0. The summed E-state index contributed by atoms with van der Waals surface area (Å²) in [5, 5.41) is 13.4. The summed E-state index contributed by atoms with van der Waals surface area (Å²) in [4.78, 5) is 26.3. The molecule has 0 aliphatic carbocycles. The molecule has 0 aromatic carbocycles. The van der Waals surface area contributed by atoms with Crippen molar-refractivity contribution in [2.45, 2.75) is 24.9 Å². The van der Waals surface area contributed by atoms with Crippen LogP contribution in [0.3, 0.4) is 0 Å². The first-order chi connectivity index (χ1) is 7.18. The van der Waals surface area contributed by atoms with E-state index in [1.807, 2.05) is 0 Å². The van der Waals surface area contributed by atoms with E-state index in [0.29, 0.717) is 6.42 Å². The fourth-order valence-corrected chi connectivity index (χ4v) is 2.38. The number of nitrogens with one attached hydrogen (secondary N) is 1. The minimum absolute atomic E-state index is 0.133. The Bertz CT molecular complexity index is 378. The number of amides is 1. The molecule has 0 saturated carbocycles. The molecule has 7 heteroatoms. The summed E-state index contributed by atoms with van der Waals surface area (Å²) in [6.07, 6.45) is 2.08. The Morgan fingerprint density at radius 1 is 1.67 bits per heavy atom. The van der Waals surface area contributed by atoms with Gasteiger partial charge in [-0.25, -0.2) is 0 Å². The number of nitro groups is 1. The first-order valence-corrected chi connectivity index (χ1v) is 5.37. The lowest BCUT2D eigenvalue weighted by Gasteiger charge is -2.25. The molecule has 15 heavy (non-hydrogen) atoms. The van der Waals surface area contributed by atoms with Crippen molar-refractivity contribution in [1.29, 1.82) is 0 Å². The highest BCUT2D eigenvalue weighted by atomic mass is 32.1. The maximum Gasteiger partial charge on any atom is 0.238 e. The number of rotatable bonds is 2. The van der Waals surface area contributed by atoms with Crippen LogP contribution in [0.1, 0.15) is 23.8 Å². The summed E-state index contributed by atoms with van der Waals surface area (Å²) in [6, 6.07) is -1.25. The monoisotopic (exact) mass is 227 g/mol. The number of nitrogens with zero attached hydrogens (tertiary/aromatic N) is 2. The third kappa shape index (κ3) is 1.96. The van der Waals surface area contributed by atoms with E-state index < -0.39 is 12.1 Å². The molecule has 2 heterocycles. The molecule has 1 N–H and O–H groups in total. The SMILES string of the molecule is O=C1CC[C@H]([N+](=O)[O-])[C@H](c2cncs2)N1. The van der Waals surface area contributed by atoms with Crippen molar-refractivity contribution in [3.8, 4) is 0 Å². The van der Waals surface area contributed by atoms with Gasteiger partial charge in [-0.1, -0.05) is 0 Å². The molecular weight excluding hydrogens is 218 g/mol. The molecule has 2 rings (SSSR count). The van der Waals surface area contributed by atoms with Gasteiger partial charge in [-0.2, -0.15) is 0 Å². The van der Waals surface area contributed by atoms with Crippen LogP contribution < -0.4 is 5.32 Å². The zero-order valence-corrected chi connectivity index (χ0v) is 8.57. The quantitative estimate of drug-likeness (QED) is 0.596. The number of thiazole rings is 1. The Morgan fingerprint density at radius 2 is 2.47 bits per heavy atom. The molecule has 1 aliphatic rings. The molecule has 1 saturated heterocycles. The summed E-state index contributed by atoms with van der Waals surface area (Å²) in [5.41, 5.74) is 1.60. The number of aromatic nitrogens is 1. The molecule has 0 bridgehead atoms. The van der Waals surface area contributed by atoms with Crippen LogP contribution in [0, 0.1) is 10.1 Å². The van der Waals surface area contributed by atoms with Crippen LogP contribution in [0.2, 0.25) is 0 Å². The topological polar surface area (TPSA) is 85.1 Å². The smallest absolute Gasteiger partial charge is 0.238 e. The first kappa shape index (κ1) is 10.0. The molecule has 0 spiro atoms. The highest BCUT2D eigenvalue weighted by Gasteiger charge is 2.38. The van der Waals surface area contributed by atoms with Gasteiger partial charge in [-0.05, 0) is 0 Å². The molecule has 1 aromatic rings. The van der Waals surface area contributed by atoms with E-state index >= 15 is 0 Å². The van der Waals surface area contributed by atoms with Crippen molar-refractivity contribution in [3.05, 3.63) is 26.7 Å². The summed E-state index contributed by atoms with van der Waals surface area (Å²) >= 11 is 1.32. The lowest BCUT2D eigenvalue weighted by molar-refractivity contribution is -0.529. The van der Waals surface area contributed by atoms with Crippen molar-refractivity contribution in [3.63, 3.8) is 0 Å². The second-order valence-corrected chi connectivity index (χ2v) is 4.26. The Balaban J connectivity index is 2.24. The van der Waals surface area contributed by atoms with E-state index in [1.165, 1.54) is 11.3 Å². The zero-order chi connectivity index (χ0) is 10.8. The van der Waals surface area contributed by atoms with Crippen LogP contribution in [0.25, 0.3) is 0 Å². The average Bonchev–Trinajstić information content (AvgIpc) is 2.69. The average molecular weight is 227 g/mol. The van der Waals surface area contributed by atoms with E-state index in [2.05, 4.69) is 10.3 Å². The summed E-state index contributed by atoms with van der Waals surface area (Å²) in [7, 11) is 0. The molecule has 1 aliphatic heterocycles. The van der Waals surface area contributed by atoms with Crippen molar-refractivity contribution in [2.24, 2.45) is 0 Å². The Kier molecular flexibility index (Phi) is 2.63. The van der Waals surface area contributed by atoms with Crippen LogP contribution in [0.15, 0.2) is 11.7 Å². The predicted molar refractivity (Wildman–Crippen MR) is 53.0 cm³/mol. The van der Waals surface area contributed by atoms with E-state index in [4.69, 9.17) is 0 Å². The molecule has 2 atom stereocenters. The summed E-state index contributed by atoms with van der Waals surface area (Å²) in [5.74, 6) is -0.133. The third-order valence-electron chi connectivity index (χ3n) is 2.40. The van der Waals surface area contributed by atoms with Gasteiger partial charge < -0.3 is 5.32 Å². The molecular formula is C8H9N3O3S. The molecule has 0 radical (unpaired) electrons. The Morgan fingerprint density at radius 3 is 3.07 bits per heavy atom. The van der Waals surface area contributed by atoms with Gasteiger partial charge in [0.05, 0.1) is 10.4 Å². The van der Waals surface area contributed by atoms with Gasteiger partial charge in [0.25, 0.3) is 0 Å². The summed E-state index contributed by atoms with van der Waals surface area (Å²) in [6.45, 7) is 0. The molecule has 0 unspecified atom stereocenters. The fourth-order valence-electron chi connectivity index (χ4n) is 1.65. The van der Waals surface area contributed by atoms with Crippen LogP contribution in [0.5, 0.6) is 0 Å². The van der Waals surface area contributed by atoms with Crippen LogP contribution >= 0.6 is 11.3 Å². The molecule has 1 aromatic heterocycles. The van der Waals surface area contributed by atoms with Gasteiger partial charge in [-0.15, -0.1) is 11.3 Å². The molecule has 1 fully saturated rings. The van der Waals surface area contributed by atoms with Crippen LogP contribution in [-0.4, -0.2) is 21.9 Å². The number of hydrogen-bond acceptors (Lipinski definition) is 5. The van der Waals surface area contributed by atoms with Crippen molar-refractivity contribution in [1.82, 2.24) is 10.3 Å². The highest BCUT2D eigenvalue weighted by Crippen LogP contribution is 2.28. The molecule has 6 nitrogen and oxygen atoms in total. The van der Waals surface area contributed by atoms with E-state index in [0.717, 1.165) is 4.88 Å². The van der Waals surface area contributed by atoms with Crippen molar-refractivity contribution >= 4 is 17.2 Å². The fraction of sp³-hybridized carbons (Fsp3) is 0.500. The number of hydrogen-bond donors (Lipinski definition) is 1. The molecule has 1 amide bonds. The lowest BCUT2D eigenvalue weighted by atomic mass is 9.98. The standard InChI is InChI=1S/C8H9N3O3S/c12-7-2-1-5(11(13)14)8(10-7)6-3-9-4-15-6/h3-5,8H,1-2H2,(H,10,12)/t5-,8+/m0/s1. The van der Waals surface area contributed by atoms with Crippen molar-refractivity contribution < 1.29 is 9.72 Å². The van der Waals surface area contributed by atoms with Gasteiger partial charge in [0, 0.05) is 24.0 Å². The van der Waals surface area contributed by atoms with E-state index in [-0.39, 0.29) is 17.3 Å². The number of piperidine rings is 1. The highest BCUT2D eigenvalue weighted by molar-refractivity contribution is 7.09. The van der Waals surface area contributed by atoms with Gasteiger partial charge in [0.1, 0.15) is 6.04 Å². The van der Waals surface area contributed by atoms with E-state index in [9.17, 15) is 14.9 Å². The van der Waals surface area contributed by atoms with Gasteiger partial charge in [-0.3, -0.25) is 19.9 Å². The van der Waals surface area contributed by atoms with E-state index in [1.54, 1.807) is 11.7 Å². The summed E-state index contributed by atoms with van der Waals surface area (Å²) < 4.78 is 0. The lowest BCUT2D eigenvalue weighted by Crippen LogP contribution is -2.44. The second-order valence-electron chi connectivity index (χ2n) is 3.34. The maximum absolute atomic E-state index is 11.2. The minimum atomic E-state index is -0.733. The zero-order valence-electron chi connectivity index (χ0n) is 7.75. The number of carbonyl (C=O) groups excluding carboxylic acids is 1. The maximum atomic E-state index is 11.2. The minimum Gasteiger partial charge on any atom is -0.342 e. The van der Waals surface area contributed by atoms with Crippen LogP contribution in [-0.2, 0) is 4.79 Å². The Hall–Kier alpha value is -1.50. The second kappa shape index (κ2) is 3.93. The van der Waals surface area contributed by atoms with Gasteiger partial charge in [0.2, 0.25) is 11.9 Å². The van der Waals surface area contributed by atoms with Crippen molar-refractivity contribution in [2.75, 3.05) is 0 Å². The largest absolute Gasteiger partial charge is 0.342 e. The van der Waals surface area contributed by atoms with Gasteiger partial charge >= 0.3 is 0 Å². The van der Waals surface area contributed by atoms with Gasteiger partial charge in [0.15, 0.2) is 0 Å². The number of carbonyl (C=O) groups is 1. The third-order valence-corrected chi connectivity index (χ3v) is 3.26.